The molecule has 8 heteroatoms. The van der Waals surface area contributed by atoms with Crippen LogP contribution in [-0.4, -0.2) is 88.4 Å². The van der Waals surface area contributed by atoms with Crippen LogP contribution in [0.5, 0.6) is 11.5 Å². The zero-order chi connectivity index (χ0) is 35.1. The van der Waals surface area contributed by atoms with Gasteiger partial charge in [-0.25, -0.2) is 0 Å². The van der Waals surface area contributed by atoms with Gasteiger partial charge >= 0.3 is 0 Å². The van der Waals surface area contributed by atoms with E-state index in [0.29, 0.717) is 22.1 Å². The summed E-state index contributed by atoms with van der Waals surface area (Å²) in [4.78, 5) is 25.6. The minimum Gasteiger partial charge on any atom is -0.494 e. The van der Waals surface area contributed by atoms with Crippen molar-refractivity contribution in [3.8, 4) is 11.5 Å². The number of likely N-dealkylation sites (N-methyl/N-ethyl adjacent to an activating group) is 2. The van der Waals surface area contributed by atoms with Gasteiger partial charge in [0.15, 0.2) is 13.1 Å². The molecule has 0 heterocycles. The maximum atomic E-state index is 12.8. The van der Waals surface area contributed by atoms with Crippen molar-refractivity contribution in [3.63, 3.8) is 0 Å². The van der Waals surface area contributed by atoms with E-state index < -0.39 is 0 Å². The van der Waals surface area contributed by atoms with Crippen LogP contribution in [0.4, 0.5) is 11.4 Å². The van der Waals surface area contributed by atoms with Gasteiger partial charge in [-0.2, -0.15) is 0 Å². The molecule has 0 aromatic heterocycles. The van der Waals surface area contributed by atoms with Crippen LogP contribution in [0.15, 0.2) is 48.5 Å². The highest BCUT2D eigenvalue weighted by atomic mass is 16.5. The van der Waals surface area contributed by atoms with Gasteiger partial charge in [0.05, 0.1) is 54.5 Å². The molecule has 2 aromatic rings. The van der Waals surface area contributed by atoms with Crippen molar-refractivity contribution in [2.45, 2.75) is 104 Å². The third kappa shape index (κ3) is 19.7. The summed E-state index contributed by atoms with van der Waals surface area (Å²) in [6.45, 7) is 8.51. The van der Waals surface area contributed by atoms with Gasteiger partial charge in [-0.05, 0) is 61.4 Å². The van der Waals surface area contributed by atoms with Gasteiger partial charge in [-0.1, -0.05) is 78.1 Å². The highest BCUT2D eigenvalue weighted by molar-refractivity contribution is 5.92. The minimum absolute atomic E-state index is 0.00549. The lowest BCUT2D eigenvalue weighted by molar-refractivity contribution is -0.888. The fourth-order valence-electron chi connectivity index (χ4n) is 5.83. The largest absolute Gasteiger partial charge is 0.494 e. The first-order valence-electron chi connectivity index (χ1n) is 18.7. The van der Waals surface area contributed by atoms with Gasteiger partial charge in [-0.3, -0.25) is 9.59 Å². The number of ether oxygens (including phenoxy) is 2. The Morgan fingerprint density at radius 3 is 1.19 bits per heavy atom. The summed E-state index contributed by atoms with van der Waals surface area (Å²) in [5.74, 6) is 1.70. The van der Waals surface area contributed by atoms with E-state index in [-0.39, 0.29) is 11.8 Å². The molecule has 0 aliphatic heterocycles. The van der Waals surface area contributed by atoms with Gasteiger partial charge in [0.2, 0.25) is 0 Å². The number of quaternary nitrogens is 2. The molecule has 0 fully saturated rings. The monoisotopic (exact) mass is 669 g/mol. The van der Waals surface area contributed by atoms with Crippen LogP contribution in [0.3, 0.4) is 0 Å². The van der Waals surface area contributed by atoms with Crippen molar-refractivity contribution >= 4 is 23.2 Å². The van der Waals surface area contributed by atoms with E-state index in [0.717, 1.165) is 74.9 Å². The summed E-state index contributed by atoms with van der Waals surface area (Å²) in [5.41, 5.74) is 1.58. The van der Waals surface area contributed by atoms with Crippen LogP contribution in [0.2, 0.25) is 0 Å². The molecule has 0 unspecified atom stereocenters. The topological polar surface area (TPSA) is 76.7 Å². The normalized spacial score (nSPS) is 11.7. The van der Waals surface area contributed by atoms with Gasteiger partial charge in [0.25, 0.3) is 11.8 Å². The molecule has 0 aliphatic rings. The maximum absolute atomic E-state index is 12.8. The van der Waals surface area contributed by atoms with E-state index >= 15 is 0 Å². The van der Waals surface area contributed by atoms with Crippen LogP contribution in [0, 0.1) is 0 Å². The predicted molar refractivity (Wildman–Crippen MR) is 201 cm³/mol. The summed E-state index contributed by atoms with van der Waals surface area (Å²) in [5, 5.41) is 6.07. The molecule has 0 atom stereocenters. The first-order valence-corrected chi connectivity index (χ1v) is 18.7. The first-order chi connectivity index (χ1) is 23.0. The number of hydrogen-bond acceptors (Lipinski definition) is 4. The molecule has 0 spiro atoms. The van der Waals surface area contributed by atoms with Crippen LogP contribution in [0.25, 0.3) is 0 Å². The Morgan fingerprint density at radius 1 is 0.500 bits per heavy atom. The molecule has 0 saturated heterocycles. The standard InChI is InChI=1S/C40H66N4O4/c1-7-9-11-13-15-19-31-47-37-25-21-35(22-26-37)41-39(45)33-43(3,4)29-17-18-30-44(5,6)34-40(46)42-36-23-27-38(28-24-36)48-32-20-16-14-12-10-8-2/h21-28H,7-20,29-34H2,1-6H3/p+2. The molecular formula is C40H68N4O4+2. The Bertz CT molecular complexity index is 1060. The number of nitrogens with one attached hydrogen (secondary N) is 2. The minimum atomic E-state index is 0.00549. The molecule has 2 rings (SSSR count). The molecule has 0 saturated carbocycles. The zero-order valence-corrected chi connectivity index (χ0v) is 31.3. The van der Waals surface area contributed by atoms with Crippen molar-refractivity contribution in [1.82, 2.24) is 0 Å². The average Bonchev–Trinajstić information content (AvgIpc) is 3.03. The van der Waals surface area contributed by atoms with Crippen molar-refractivity contribution in [2.24, 2.45) is 0 Å². The lowest BCUT2D eigenvalue weighted by atomic mass is 10.1. The SMILES string of the molecule is CCCCCCCCOc1ccc(NC(=O)C[N+](C)(C)CCCC[N+](C)(C)CC(=O)Nc2ccc(OCCCCCCCC)cc2)cc1. The Hall–Kier alpha value is -3.10. The van der Waals surface area contributed by atoms with Crippen LogP contribution in [0.1, 0.15) is 104 Å². The molecule has 0 radical (unpaired) electrons. The van der Waals surface area contributed by atoms with E-state index in [1.807, 2.05) is 48.5 Å². The molecule has 0 bridgehead atoms. The summed E-state index contributed by atoms with van der Waals surface area (Å²) >= 11 is 0. The Labute approximate surface area is 292 Å². The van der Waals surface area contributed by atoms with Crippen LogP contribution < -0.4 is 20.1 Å². The number of hydrogen-bond donors (Lipinski definition) is 2. The van der Waals surface area contributed by atoms with Gasteiger partial charge in [-0.15, -0.1) is 0 Å². The summed E-state index contributed by atoms with van der Waals surface area (Å²) < 4.78 is 12.9. The smallest absolute Gasteiger partial charge is 0.279 e. The van der Waals surface area contributed by atoms with E-state index in [2.05, 4.69) is 52.7 Å². The van der Waals surface area contributed by atoms with E-state index in [9.17, 15) is 9.59 Å². The second-order valence-corrected chi connectivity index (χ2v) is 14.7. The third-order valence-corrected chi connectivity index (χ3v) is 8.73. The summed E-state index contributed by atoms with van der Waals surface area (Å²) in [7, 11) is 8.38. The first kappa shape index (κ1) is 41.1. The second kappa shape index (κ2) is 23.3. The summed E-state index contributed by atoms with van der Waals surface area (Å²) in [6.07, 6.45) is 16.9. The predicted octanol–water partition coefficient (Wildman–Crippen LogP) is 8.68. The number of benzene rings is 2. The third-order valence-electron chi connectivity index (χ3n) is 8.73. The Kier molecular flexibility index (Phi) is 19.9. The van der Waals surface area contributed by atoms with E-state index in [1.54, 1.807) is 0 Å². The molecule has 2 amide bonds. The number of unbranched alkanes of at least 4 members (excludes halogenated alkanes) is 11. The number of amides is 2. The number of anilines is 2. The van der Waals surface area contributed by atoms with Crippen molar-refractivity contribution < 1.29 is 28.0 Å². The number of carbonyl (C=O) groups is 2. The van der Waals surface area contributed by atoms with Crippen LogP contribution >= 0.6 is 0 Å². The average molecular weight is 669 g/mol. The van der Waals surface area contributed by atoms with Crippen molar-refractivity contribution in [1.29, 1.82) is 0 Å². The molecule has 0 aliphatic carbocycles. The van der Waals surface area contributed by atoms with Gasteiger partial charge in [0.1, 0.15) is 11.5 Å². The molecule has 270 valence electrons. The van der Waals surface area contributed by atoms with Crippen molar-refractivity contribution in [3.05, 3.63) is 48.5 Å². The molecule has 2 N–H and O–H groups in total. The van der Waals surface area contributed by atoms with E-state index in [1.165, 1.54) is 64.2 Å². The van der Waals surface area contributed by atoms with Crippen molar-refractivity contribution in [2.75, 3.05) is 78.2 Å². The van der Waals surface area contributed by atoms with E-state index in [4.69, 9.17) is 9.47 Å². The second-order valence-electron chi connectivity index (χ2n) is 14.7. The fourth-order valence-corrected chi connectivity index (χ4v) is 5.83. The molecule has 48 heavy (non-hydrogen) atoms. The number of carbonyl (C=O) groups excluding carboxylic acids is 2. The van der Waals surface area contributed by atoms with Gasteiger partial charge in [0, 0.05) is 24.2 Å². The lowest BCUT2D eigenvalue weighted by Gasteiger charge is -2.31. The Balaban J connectivity index is 1.61. The molecule has 2 aromatic carbocycles. The molecule has 8 nitrogen and oxygen atoms in total. The maximum Gasteiger partial charge on any atom is 0.279 e. The zero-order valence-electron chi connectivity index (χ0n) is 31.3. The van der Waals surface area contributed by atoms with Gasteiger partial charge < -0.3 is 29.1 Å². The Morgan fingerprint density at radius 2 is 0.833 bits per heavy atom. The fraction of sp³-hybridized carbons (Fsp3) is 0.650. The quantitative estimate of drug-likeness (QED) is 0.0738. The molecular weight excluding hydrogens is 600 g/mol. The number of rotatable bonds is 27. The highest BCUT2D eigenvalue weighted by Crippen LogP contribution is 2.18. The van der Waals surface area contributed by atoms with Crippen LogP contribution in [-0.2, 0) is 9.59 Å². The lowest BCUT2D eigenvalue weighted by Crippen LogP contribution is -2.48. The number of nitrogens with zero attached hydrogens (tertiary/aromatic N) is 2. The summed E-state index contributed by atoms with van der Waals surface area (Å²) in [6, 6.07) is 15.3. The highest BCUT2D eigenvalue weighted by Gasteiger charge is 2.23.